The van der Waals surface area contributed by atoms with Gasteiger partial charge in [-0.25, -0.2) is 0 Å². The smallest absolute Gasteiger partial charge is 0.308 e. The number of methoxy groups -OCH3 is 2. The minimum absolute atomic E-state index is 0.0238. The topological polar surface area (TPSA) is 170 Å². The standard InChI is InChI=1S/C38H60O12/c1-10-25-16-28-19-31(23(3)40)48-33(42)18-26(41)17-29-20-32(45-8)36(6,7)37(43,49-29)21-30-15-24(13-22(2)39)14-27(47-30)11-12-35(4,5)38(44,50-28)34(25)46-9/h10-13,23,26-32,34,40-41,43-44H,14-21H2,1-9H3/b12-11+,24-13+,25-10+. The first-order valence-electron chi connectivity index (χ1n) is 17.9. The van der Waals surface area contributed by atoms with Gasteiger partial charge in [-0.3, -0.25) is 9.59 Å². The summed E-state index contributed by atoms with van der Waals surface area (Å²) in [6.45, 7) is 12.2. The van der Waals surface area contributed by atoms with Crippen LogP contribution in [-0.4, -0.2) is 113 Å². The molecule has 0 radical (unpaired) electrons. The third-order valence-electron chi connectivity index (χ3n) is 11.2. The molecule has 12 heteroatoms. The van der Waals surface area contributed by atoms with Gasteiger partial charge in [0.2, 0.25) is 5.79 Å². The number of hydrogen-bond donors (Lipinski definition) is 4. The number of carbonyl (C=O) groups excluding carboxylic acids is 2. The highest BCUT2D eigenvalue weighted by Gasteiger charge is 2.58. The highest BCUT2D eigenvalue weighted by Crippen LogP contribution is 2.50. The Hall–Kier alpha value is -2.00. The quantitative estimate of drug-likeness (QED) is 0.190. The van der Waals surface area contributed by atoms with Gasteiger partial charge in [-0.15, -0.1) is 0 Å². The Morgan fingerprint density at radius 3 is 2.28 bits per heavy atom. The number of ether oxygens (including phenoxy) is 6. The molecular formula is C38H60O12. The first-order chi connectivity index (χ1) is 23.3. The molecule has 11 unspecified atom stereocenters. The van der Waals surface area contributed by atoms with E-state index in [4.69, 9.17) is 28.4 Å². The Labute approximate surface area is 296 Å². The molecule has 4 aliphatic rings. The third-order valence-corrected chi connectivity index (χ3v) is 11.2. The summed E-state index contributed by atoms with van der Waals surface area (Å²) in [4.78, 5) is 25.4. The van der Waals surface area contributed by atoms with Crippen LogP contribution in [0.1, 0.15) is 99.8 Å². The van der Waals surface area contributed by atoms with E-state index in [1.807, 2.05) is 52.8 Å². The van der Waals surface area contributed by atoms with Crippen LogP contribution in [-0.2, 0) is 38.0 Å². The highest BCUT2D eigenvalue weighted by molar-refractivity contribution is 5.88. The van der Waals surface area contributed by atoms with Gasteiger partial charge in [0.15, 0.2) is 11.6 Å². The minimum Gasteiger partial charge on any atom is -0.459 e. The number of aliphatic hydroxyl groups excluding tert-OH is 2. The molecule has 3 saturated heterocycles. The van der Waals surface area contributed by atoms with Crippen molar-refractivity contribution in [2.24, 2.45) is 10.8 Å². The Morgan fingerprint density at radius 1 is 0.980 bits per heavy atom. The van der Waals surface area contributed by atoms with E-state index in [9.17, 15) is 30.0 Å². The number of fused-ring (bicyclic) bond motifs is 6. The van der Waals surface area contributed by atoms with Gasteiger partial charge in [0.1, 0.15) is 12.2 Å². The number of esters is 1. The second-order valence-corrected chi connectivity index (χ2v) is 15.8. The fraction of sp³-hybridized carbons (Fsp3) is 0.789. The lowest BCUT2D eigenvalue weighted by Gasteiger charge is -2.54. The molecule has 4 heterocycles. The summed E-state index contributed by atoms with van der Waals surface area (Å²) in [5.74, 6) is -4.47. The van der Waals surface area contributed by atoms with Gasteiger partial charge in [-0.2, -0.15) is 0 Å². The van der Waals surface area contributed by atoms with Crippen LogP contribution >= 0.6 is 0 Å². The van der Waals surface area contributed by atoms with Crippen molar-refractivity contribution in [3.63, 3.8) is 0 Å². The van der Waals surface area contributed by atoms with Crippen molar-refractivity contribution in [2.75, 3.05) is 14.2 Å². The van der Waals surface area contributed by atoms with Crippen LogP contribution in [0, 0.1) is 10.8 Å². The molecule has 4 aliphatic heterocycles. The number of allylic oxidation sites excluding steroid dienone is 2. The molecule has 0 spiro atoms. The van der Waals surface area contributed by atoms with Gasteiger partial charge in [0, 0.05) is 50.7 Å². The molecular weight excluding hydrogens is 648 g/mol. The molecule has 50 heavy (non-hydrogen) atoms. The van der Waals surface area contributed by atoms with E-state index in [2.05, 4.69) is 0 Å². The zero-order valence-electron chi connectivity index (χ0n) is 31.2. The van der Waals surface area contributed by atoms with Gasteiger partial charge in [0.25, 0.3) is 0 Å². The van der Waals surface area contributed by atoms with E-state index < -0.39 is 83.3 Å². The maximum atomic E-state index is 13.1. The average Bonchev–Trinajstić information content (AvgIpc) is 3.00. The number of aliphatic hydroxyl groups is 4. The zero-order chi connectivity index (χ0) is 37.2. The van der Waals surface area contributed by atoms with E-state index in [-0.39, 0.29) is 31.5 Å². The van der Waals surface area contributed by atoms with Gasteiger partial charge in [0.05, 0.1) is 49.1 Å². The second-order valence-electron chi connectivity index (χ2n) is 15.8. The van der Waals surface area contributed by atoms with Crippen molar-refractivity contribution >= 4 is 11.8 Å². The molecule has 0 aliphatic carbocycles. The first-order valence-corrected chi connectivity index (χ1v) is 17.9. The van der Waals surface area contributed by atoms with E-state index in [0.29, 0.717) is 25.7 Å². The van der Waals surface area contributed by atoms with Crippen LogP contribution in [0.15, 0.2) is 35.5 Å². The molecule has 11 atom stereocenters. The van der Waals surface area contributed by atoms with E-state index >= 15 is 0 Å². The van der Waals surface area contributed by atoms with Crippen molar-refractivity contribution in [2.45, 2.75) is 166 Å². The Morgan fingerprint density at radius 2 is 1.68 bits per heavy atom. The summed E-state index contributed by atoms with van der Waals surface area (Å²) >= 11 is 0. The average molecular weight is 709 g/mol. The lowest BCUT2D eigenvalue weighted by molar-refractivity contribution is -0.350. The number of carbonyl (C=O) groups is 2. The second kappa shape index (κ2) is 15.9. The fourth-order valence-electron chi connectivity index (χ4n) is 8.08. The molecule has 284 valence electrons. The summed E-state index contributed by atoms with van der Waals surface area (Å²) < 4.78 is 36.8. The van der Waals surface area contributed by atoms with Crippen LogP contribution in [0.4, 0.5) is 0 Å². The maximum Gasteiger partial charge on any atom is 0.308 e. The van der Waals surface area contributed by atoms with Crippen LogP contribution in [0.25, 0.3) is 0 Å². The molecule has 12 nitrogen and oxygen atoms in total. The lowest BCUT2D eigenvalue weighted by Crippen LogP contribution is -2.62. The van der Waals surface area contributed by atoms with Crippen molar-refractivity contribution in [1.82, 2.24) is 0 Å². The van der Waals surface area contributed by atoms with Gasteiger partial charge in [-0.05, 0) is 51.7 Å². The van der Waals surface area contributed by atoms with E-state index in [0.717, 1.165) is 11.1 Å². The molecule has 3 fully saturated rings. The molecule has 0 aromatic carbocycles. The molecule has 0 saturated carbocycles. The Balaban J connectivity index is 1.79. The van der Waals surface area contributed by atoms with Crippen LogP contribution in [0.2, 0.25) is 0 Å². The van der Waals surface area contributed by atoms with Crippen LogP contribution in [0.5, 0.6) is 0 Å². The summed E-state index contributed by atoms with van der Waals surface area (Å²) in [6, 6.07) is 0. The lowest BCUT2D eigenvalue weighted by atomic mass is 9.70. The van der Waals surface area contributed by atoms with Gasteiger partial charge in [-0.1, -0.05) is 51.5 Å². The van der Waals surface area contributed by atoms with Gasteiger partial charge >= 0.3 is 5.97 Å². The summed E-state index contributed by atoms with van der Waals surface area (Å²) in [6.07, 6.45) is 1.58. The summed E-state index contributed by atoms with van der Waals surface area (Å²) in [7, 11) is 3.07. The normalized spacial score (nSPS) is 42.7. The monoisotopic (exact) mass is 708 g/mol. The fourth-order valence-corrected chi connectivity index (χ4v) is 8.08. The van der Waals surface area contributed by atoms with Crippen molar-refractivity contribution in [1.29, 1.82) is 0 Å². The molecule has 0 aromatic heterocycles. The van der Waals surface area contributed by atoms with Crippen molar-refractivity contribution in [3.05, 3.63) is 35.5 Å². The molecule has 4 N–H and O–H groups in total. The van der Waals surface area contributed by atoms with E-state index in [1.54, 1.807) is 13.2 Å². The number of rotatable bonds is 4. The van der Waals surface area contributed by atoms with Crippen molar-refractivity contribution < 1.29 is 58.4 Å². The molecule has 4 rings (SSSR count). The first kappa shape index (κ1) is 40.8. The SMILES string of the molecule is C/C=C1\CC2CC(C(C)O)OC(=O)CC(O)CC3CC(OC)C(C)(C)C(O)(CC4C/C(=C/C(C)=O)CC(/C=C/C(C)(C)C(O)(O2)C1OC)O4)O3. The highest BCUT2D eigenvalue weighted by atomic mass is 16.7. The largest absolute Gasteiger partial charge is 0.459 e. The van der Waals surface area contributed by atoms with E-state index in [1.165, 1.54) is 21.0 Å². The molecule has 6 bridgehead atoms. The summed E-state index contributed by atoms with van der Waals surface area (Å²) in [5.41, 5.74) is -0.329. The number of ketones is 1. The molecule has 0 aromatic rings. The Kier molecular flexibility index (Phi) is 13.0. The van der Waals surface area contributed by atoms with Crippen LogP contribution < -0.4 is 0 Å². The predicted octanol–water partition coefficient (Wildman–Crippen LogP) is 3.82. The third kappa shape index (κ3) is 8.78. The maximum absolute atomic E-state index is 13.1. The van der Waals surface area contributed by atoms with Crippen molar-refractivity contribution in [3.8, 4) is 0 Å². The zero-order valence-corrected chi connectivity index (χ0v) is 31.2. The molecule has 0 amide bonds. The Bertz CT molecular complexity index is 1300. The number of hydrogen-bond acceptors (Lipinski definition) is 12. The summed E-state index contributed by atoms with van der Waals surface area (Å²) in [5, 5.41) is 46.4. The number of cyclic esters (lactones) is 1. The minimum atomic E-state index is -1.89. The van der Waals surface area contributed by atoms with Crippen LogP contribution in [0.3, 0.4) is 0 Å². The van der Waals surface area contributed by atoms with Gasteiger partial charge < -0.3 is 48.8 Å². The predicted molar refractivity (Wildman–Crippen MR) is 184 cm³/mol.